The molecule has 2 rings (SSSR count). The van der Waals surface area contributed by atoms with Crippen molar-refractivity contribution < 1.29 is 4.74 Å². The molecule has 19 heavy (non-hydrogen) atoms. The van der Waals surface area contributed by atoms with Gasteiger partial charge in [0.15, 0.2) is 0 Å². The third kappa shape index (κ3) is 3.57. The van der Waals surface area contributed by atoms with E-state index in [4.69, 9.17) is 10.5 Å². The van der Waals surface area contributed by atoms with Gasteiger partial charge in [-0.25, -0.2) is 0 Å². The Morgan fingerprint density at radius 1 is 1.58 bits per heavy atom. The number of hydrogen-bond acceptors (Lipinski definition) is 4. The van der Waals surface area contributed by atoms with Crippen LogP contribution in [0.15, 0.2) is 11.4 Å². The number of ether oxygens (including phenoxy) is 1. The van der Waals surface area contributed by atoms with Gasteiger partial charge in [0, 0.05) is 30.6 Å². The van der Waals surface area contributed by atoms with Gasteiger partial charge in [0.2, 0.25) is 0 Å². The molecule has 2 heterocycles. The highest BCUT2D eigenvalue weighted by Gasteiger charge is 2.30. The second kappa shape index (κ2) is 6.84. The zero-order chi connectivity index (χ0) is 13.8. The molecule has 0 amide bonds. The van der Waals surface area contributed by atoms with Crippen LogP contribution in [0.2, 0.25) is 0 Å². The summed E-state index contributed by atoms with van der Waals surface area (Å²) in [4.78, 5) is 3.97. The Morgan fingerprint density at radius 2 is 2.37 bits per heavy atom. The van der Waals surface area contributed by atoms with Gasteiger partial charge in [-0.1, -0.05) is 6.92 Å². The van der Waals surface area contributed by atoms with E-state index in [-0.39, 0.29) is 6.04 Å². The molecular weight excluding hydrogens is 256 g/mol. The van der Waals surface area contributed by atoms with Gasteiger partial charge in [-0.15, -0.1) is 11.3 Å². The SMILES string of the molecule is CCC(N)C(c1sccc1C)N1CCCOC(C)C1. The van der Waals surface area contributed by atoms with Crippen LogP contribution in [0.4, 0.5) is 0 Å². The molecule has 2 N–H and O–H groups in total. The fourth-order valence-electron chi connectivity index (χ4n) is 2.82. The average Bonchev–Trinajstić information content (AvgIpc) is 2.68. The molecule has 0 radical (unpaired) electrons. The minimum absolute atomic E-state index is 0.197. The molecule has 3 nitrogen and oxygen atoms in total. The van der Waals surface area contributed by atoms with Gasteiger partial charge in [0.05, 0.1) is 12.1 Å². The first-order chi connectivity index (χ1) is 9.13. The maximum absolute atomic E-state index is 6.43. The van der Waals surface area contributed by atoms with Crippen LogP contribution in [0.5, 0.6) is 0 Å². The molecule has 108 valence electrons. The number of hydrogen-bond donors (Lipinski definition) is 1. The summed E-state index contributed by atoms with van der Waals surface area (Å²) in [5, 5.41) is 2.18. The molecule has 1 aromatic heterocycles. The lowest BCUT2D eigenvalue weighted by Gasteiger charge is -2.35. The van der Waals surface area contributed by atoms with E-state index in [1.165, 1.54) is 10.4 Å². The van der Waals surface area contributed by atoms with Crippen molar-refractivity contribution in [3.8, 4) is 0 Å². The molecule has 0 bridgehead atoms. The molecule has 1 aliphatic rings. The van der Waals surface area contributed by atoms with Gasteiger partial charge in [-0.3, -0.25) is 4.90 Å². The van der Waals surface area contributed by atoms with E-state index in [2.05, 4.69) is 37.1 Å². The average molecular weight is 282 g/mol. The number of thiophene rings is 1. The van der Waals surface area contributed by atoms with Crippen LogP contribution in [0, 0.1) is 6.92 Å². The van der Waals surface area contributed by atoms with Gasteiger partial charge in [0.25, 0.3) is 0 Å². The first-order valence-electron chi connectivity index (χ1n) is 7.28. The zero-order valence-corrected chi connectivity index (χ0v) is 13.1. The highest BCUT2D eigenvalue weighted by atomic mass is 32.1. The standard InChI is InChI=1S/C15H26N2OS/c1-4-13(16)14(15-11(2)6-9-19-15)17-7-5-8-18-12(3)10-17/h6,9,12-14H,4-5,7-8,10,16H2,1-3H3. The summed E-state index contributed by atoms with van der Waals surface area (Å²) in [7, 11) is 0. The van der Waals surface area contributed by atoms with Crippen molar-refractivity contribution in [1.82, 2.24) is 4.90 Å². The highest BCUT2D eigenvalue weighted by Crippen LogP contribution is 2.32. The molecule has 0 spiro atoms. The lowest BCUT2D eigenvalue weighted by atomic mass is 10.00. The Kier molecular flexibility index (Phi) is 5.39. The molecule has 4 heteroatoms. The van der Waals surface area contributed by atoms with Gasteiger partial charge in [-0.2, -0.15) is 0 Å². The minimum Gasteiger partial charge on any atom is -0.377 e. The Bertz CT molecular complexity index is 393. The van der Waals surface area contributed by atoms with Gasteiger partial charge in [-0.05, 0) is 43.7 Å². The second-order valence-electron chi connectivity index (χ2n) is 5.51. The predicted molar refractivity (Wildman–Crippen MR) is 81.7 cm³/mol. The van der Waals surface area contributed by atoms with Crippen molar-refractivity contribution in [3.05, 3.63) is 21.9 Å². The fourth-order valence-corrected chi connectivity index (χ4v) is 3.96. The lowest BCUT2D eigenvalue weighted by molar-refractivity contribution is 0.0578. The number of nitrogens with two attached hydrogens (primary N) is 1. The van der Waals surface area contributed by atoms with Crippen LogP contribution < -0.4 is 5.73 Å². The quantitative estimate of drug-likeness (QED) is 0.923. The Labute approximate surface area is 120 Å². The third-order valence-corrected chi connectivity index (χ3v) is 5.01. The van der Waals surface area contributed by atoms with E-state index in [1.807, 2.05) is 11.3 Å². The van der Waals surface area contributed by atoms with E-state index < -0.39 is 0 Å². The highest BCUT2D eigenvalue weighted by molar-refractivity contribution is 7.10. The van der Waals surface area contributed by atoms with Crippen molar-refractivity contribution >= 4 is 11.3 Å². The Morgan fingerprint density at radius 3 is 3.00 bits per heavy atom. The molecule has 1 fully saturated rings. The summed E-state index contributed by atoms with van der Waals surface area (Å²) >= 11 is 1.84. The molecule has 0 aliphatic carbocycles. The lowest BCUT2D eigenvalue weighted by Crippen LogP contribution is -2.43. The monoisotopic (exact) mass is 282 g/mol. The summed E-state index contributed by atoms with van der Waals surface area (Å²) in [6, 6.07) is 2.74. The van der Waals surface area contributed by atoms with Crippen molar-refractivity contribution in [2.24, 2.45) is 5.73 Å². The molecule has 3 atom stereocenters. The van der Waals surface area contributed by atoms with Gasteiger partial charge < -0.3 is 10.5 Å². The van der Waals surface area contributed by atoms with E-state index in [0.717, 1.165) is 32.5 Å². The molecule has 1 saturated heterocycles. The molecular formula is C15H26N2OS. The van der Waals surface area contributed by atoms with Crippen molar-refractivity contribution in [2.75, 3.05) is 19.7 Å². The summed E-state index contributed by atoms with van der Waals surface area (Å²) in [5.74, 6) is 0. The maximum atomic E-state index is 6.43. The van der Waals surface area contributed by atoms with E-state index in [0.29, 0.717) is 12.1 Å². The van der Waals surface area contributed by atoms with Crippen LogP contribution in [-0.4, -0.2) is 36.7 Å². The summed E-state index contributed by atoms with van der Waals surface area (Å²) < 4.78 is 5.77. The first kappa shape index (κ1) is 15.0. The molecule has 1 aliphatic heterocycles. The first-order valence-corrected chi connectivity index (χ1v) is 8.16. The van der Waals surface area contributed by atoms with Crippen molar-refractivity contribution in [2.45, 2.75) is 51.8 Å². The van der Waals surface area contributed by atoms with Crippen molar-refractivity contribution in [1.29, 1.82) is 0 Å². The molecule has 3 unspecified atom stereocenters. The van der Waals surface area contributed by atoms with Gasteiger partial charge >= 0.3 is 0 Å². The summed E-state index contributed by atoms with van der Waals surface area (Å²) in [6.07, 6.45) is 2.41. The van der Waals surface area contributed by atoms with E-state index in [9.17, 15) is 0 Å². The Hall–Kier alpha value is -0.420. The van der Waals surface area contributed by atoms with Crippen LogP contribution in [0.1, 0.15) is 43.2 Å². The Balaban J connectivity index is 2.24. The normalized spacial score (nSPS) is 24.9. The third-order valence-electron chi connectivity index (χ3n) is 3.92. The minimum atomic E-state index is 0.197. The molecule has 0 aromatic carbocycles. The topological polar surface area (TPSA) is 38.5 Å². The number of aryl methyl sites for hydroxylation is 1. The van der Waals surface area contributed by atoms with E-state index >= 15 is 0 Å². The van der Waals surface area contributed by atoms with Crippen LogP contribution in [0.25, 0.3) is 0 Å². The smallest absolute Gasteiger partial charge is 0.0674 e. The largest absolute Gasteiger partial charge is 0.377 e. The predicted octanol–water partition coefficient (Wildman–Crippen LogP) is 2.95. The fraction of sp³-hybridized carbons (Fsp3) is 0.733. The summed E-state index contributed by atoms with van der Waals surface area (Å²) in [6.45, 7) is 9.47. The molecule has 1 aromatic rings. The summed E-state index contributed by atoms with van der Waals surface area (Å²) in [5.41, 5.74) is 7.80. The van der Waals surface area contributed by atoms with E-state index in [1.54, 1.807) is 0 Å². The second-order valence-corrected chi connectivity index (χ2v) is 6.46. The zero-order valence-electron chi connectivity index (χ0n) is 12.3. The maximum Gasteiger partial charge on any atom is 0.0674 e. The van der Waals surface area contributed by atoms with Gasteiger partial charge in [0.1, 0.15) is 0 Å². The number of rotatable bonds is 4. The molecule has 0 saturated carbocycles. The van der Waals surface area contributed by atoms with Crippen molar-refractivity contribution in [3.63, 3.8) is 0 Å². The van der Waals surface area contributed by atoms with Crippen LogP contribution in [-0.2, 0) is 4.74 Å². The van der Waals surface area contributed by atoms with Crippen LogP contribution >= 0.6 is 11.3 Å². The van der Waals surface area contributed by atoms with Crippen LogP contribution in [0.3, 0.4) is 0 Å². The number of nitrogens with zero attached hydrogens (tertiary/aromatic N) is 1.